The molecule has 9 heteroatoms. The van der Waals surface area contributed by atoms with Gasteiger partial charge in [0.05, 0.1) is 35.4 Å². The van der Waals surface area contributed by atoms with Gasteiger partial charge in [-0.1, -0.05) is 17.4 Å². The molecule has 2 aromatic heterocycles. The van der Waals surface area contributed by atoms with Crippen LogP contribution in [0.3, 0.4) is 0 Å². The zero-order chi connectivity index (χ0) is 20.9. The number of alkyl halides is 1. The molecule has 1 fully saturated rings. The normalized spacial score (nSPS) is 27.4. The Morgan fingerprint density at radius 3 is 2.83 bits per heavy atom. The van der Waals surface area contributed by atoms with Gasteiger partial charge in [-0.2, -0.15) is 0 Å². The summed E-state index contributed by atoms with van der Waals surface area (Å²) < 4.78 is 16.7. The summed E-state index contributed by atoms with van der Waals surface area (Å²) in [5.41, 5.74) is 1.13. The third-order valence-electron chi connectivity index (χ3n) is 6.03. The highest BCUT2D eigenvalue weighted by Crippen LogP contribution is 2.36. The number of piperidine rings is 1. The van der Waals surface area contributed by atoms with Crippen molar-refractivity contribution >= 4 is 5.82 Å². The van der Waals surface area contributed by atoms with E-state index in [4.69, 9.17) is 0 Å². The van der Waals surface area contributed by atoms with Crippen LogP contribution in [0.4, 0.5) is 10.2 Å². The minimum absolute atomic E-state index is 0.0659. The fourth-order valence-electron chi connectivity index (χ4n) is 4.31. The number of aromatic nitrogens is 5. The van der Waals surface area contributed by atoms with Crippen molar-refractivity contribution in [1.29, 1.82) is 0 Å². The molecule has 2 N–H and O–H groups in total. The van der Waals surface area contributed by atoms with Crippen LogP contribution >= 0.6 is 0 Å². The molecule has 154 valence electrons. The number of hydrogen-bond acceptors (Lipinski definition) is 7. The van der Waals surface area contributed by atoms with E-state index >= 15 is 4.39 Å². The number of aromatic hydroxyl groups is 1. The van der Waals surface area contributed by atoms with Gasteiger partial charge in [0.25, 0.3) is 0 Å². The number of benzene rings is 1. The Morgan fingerprint density at radius 1 is 1.27 bits per heavy atom. The number of hydrogen-bond donors (Lipinski definition) is 2. The van der Waals surface area contributed by atoms with Crippen molar-refractivity contribution in [2.45, 2.75) is 37.1 Å². The molecule has 4 atom stereocenters. The first kappa shape index (κ1) is 18.7. The third-order valence-corrected chi connectivity index (χ3v) is 6.03. The molecule has 0 spiro atoms. The lowest BCUT2D eigenvalue weighted by atomic mass is 9.86. The molecular weight excluding hydrogens is 385 g/mol. The van der Waals surface area contributed by atoms with E-state index < -0.39 is 11.7 Å². The van der Waals surface area contributed by atoms with E-state index in [0.29, 0.717) is 29.2 Å². The lowest BCUT2D eigenvalue weighted by Crippen LogP contribution is -2.62. The van der Waals surface area contributed by atoms with Crippen LogP contribution in [-0.4, -0.2) is 61.1 Å². The van der Waals surface area contributed by atoms with Crippen LogP contribution < -0.4 is 10.2 Å². The Labute approximate surface area is 173 Å². The number of rotatable bonds is 4. The summed E-state index contributed by atoms with van der Waals surface area (Å²) in [6, 6.07) is 8.63. The van der Waals surface area contributed by atoms with E-state index in [1.165, 1.54) is 0 Å². The summed E-state index contributed by atoms with van der Waals surface area (Å²) in [6.45, 7) is 1.88. The van der Waals surface area contributed by atoms with Gasteiger partial charge >= 0.3 is 0 Å². The molecule has 0 saturated carbocycles. The Bertz CT molecular complexity index is 1090. The van der Waals surface area contributed by atoms with E-state index in [0.717, 1.165) is 0 Å². The maximum atomic E-state index is 15.2. The first-order chi connectivity index (χ1) is 14.4. The molecule has 0 radical (unpaired) electrons. The summed E-state index contributed by atoms with van der Waals surface area (Å²) in [5, 5.41) is 30.0. The Balaban J connectivity index is 1.37. The zero-order valence-corrected chi connectivity index (χ0v) is 16.6. The summed E-state index contributed by atoms with van der Waals surface area (Å²) >= 11 is 0. The molecule has 4 heterocycles. The van der Waals surface area contributed by atoms with Gasteiger partial charge in [-0.3, -0.25) is 5.32 Å². The molecule has 3 aromatic rings. The number of fused-ring (bicyclic) bond motifs is 2. The zero-order valence-electron chi connectivity index (χ0n) is 16.6. The van der Waals surface area contributed by atoms with E-state index in [9.17, 15) is 5.11 Å². The molecular formula is C21H22FN7O. The van der Waals surface area contributed by atoms with Gasteiger partial charge in [0.15, 0.2) is 5.82 Å². The smallest absolute Gasteiger partial charge is 0.151 e. The van der Waals surface area contributed by atoms with Crippen LogP contribution in [0.2, 0.25) is 0 Å². The van der Waals surface area contributed by atoms with E-state index in [2.05, 4.69) is 25.8 Å². The molecule has 0 unspecified atom stereocenters. The summed E-state index contributed by atoms with van der Waals surface area (Å²) in [4.78, 5) is 1.86. The molecule has 8 nitrogen and oxygen atoms in total. The monoisotopic (exact) mass is 407 g/mol. The first-order valence-corrected chi connectivity index (χ1v) is 9.82. The quantitative estimate of drug-likeness (QED) is 0.641. The summed E-state index contributed by atoms with van der Waals surface area (Å²) in [6.07, 6.45) is 6.83. The molecule has 30 heavy (non-hydrogen) atoms. The van der Waals surface area contributed by atoms with E-state index in [1.807, 2.05) is 37.1 Å². The van der Waals surface area contributed by atoms with Crippen molar-refractivity contribution < 1.29 is 9.50 Å². The lowest BCUT2D eigenvalue weighted by molar-refractivity contribution is 0.128. The Hall–Kier alpha value is -3.33. The molecule has 0 amide bonds. The molecule has 1 aromatic carbocycles. The van der Waals surface area contributed by atoms with Crippen LogP contribution in [0.15, 0.2) is 54.9 Å². The molecule has 2 bridgehead atoms. The second-order valence-electron chi connectivity index (χ2n) is 8.03. The van der Waals surface area contributed by atoms with Gasteiger partial charge in [0, 0.05) is 24.7 Å². The van der Waals surface area contributed by atoms with Crippen molar-refractivity contribution in [2.75, 3.05) is 11.9 Å². The second-order valence-corrected chi connectivity index (χ2v) is 8.03. The first-order valence-electron chi connectivity index (χ1n) is 9.82. The molecule has 5 rings (SSSR count). The average Bonchev–Trinajstić information content (AvgIpc) is 3.40. The van der Waals surface area contributed by atoms with Crippen LogP contribution in [0.5, 0.6) is 5.75 Å². The fourth-order valence-corrected chi connectivity index (χ4v) is 4.31. The number of nitrogens with one attached hydrogen (secondary N) is 1. The van der Waals surface area contributed by atoms with E-state index in [1.54, 1.807) is 41.3 Å². The largest absolute Gasteiger partial charge is 0.507 e. The van der Waals surface area contributed by atoms with Crippen molar-refractivity contribution in [2.24, 2.45) is 0 Å². The van der Waals surface area contributed by atoms with Crippen molar-refractivity contribution in [3.63, 3.8) is 0 Å². The van der Waals surface area contributed by atoms with E-state index in [-0.39, 0.29) is 17.8 Å². The van der Waals surface area contributed by atoms with Crippen LogP contribution in [0.1, 0.15) is 13.3 Å². The predicted octanol–water partition coefficient (Wildman–Crippen LogP) is 2.26. The number of phenols is 1. The highest BCUT2D eigenvalue weighted by atomic mass is 19.1. The van der Waals surface area contributed by atoms with Gasteiger partial charge in [-0.25, -0.2) is 9.07 Å². The topological polar surface area (TPSA) is 92.0 Å². The second kappa shape index (κ2) is 6.88. The van der Waals surface area contributed by atoms with Gasteiger partial charge in [0.1, 0.15) is 11.9 Å². The minimum Gasteiger partial charge on any atom is -0.507 e. The lowest BCUT2D eigenvalue weighted by Gasteiger charge is -2.43. The van der Waals surface area contributed by atoms with Crippen molar-refractivity contribution in [1.82, 2.24) is 30.5 Å². The molecule has 2 aliphatic rings. The highest BCUT2D eigenvalue weighted by Gasteiger charge is 2.48. The number of anilines is 1. The number of nitrogens with zero attached hydrogens (tertiary/aromatic N) is 6. The van der Waals surface area contributed by atoms with Crippen LogP contribution in [-0.2, 0) is 0 Å². The van der Waals surface area contributed by atoms with Crippen molar-refractivity contribution in [3.8, 4) is 22.7 Å². The fraction of sp³-hybridized carbons (Fsp3) is 0.333. The van der Waals surface area contributed by atoms with Gasteiger partial charge < -0.3 is 10.0 Å². The number of phenolic OH excluding ortho intramolecular Hbond substituents is 1. The molecule has 0 aliphatic carbocycles. The third kappa shape index (κ3) is 3.02. The Kier molecular flexibility index (Phi) is 4.28. The maximum absolute atomic E-state index is 15.2. The summed E-state index contributed by atoms with van der Waals surface area (Å²) in [7, 11) is 1.85. The molecule has 1 saturated heterocycles. The maximum Gasteiger partial charge on any atom is 0.151 e. The van der Waals surface area contributed by atoms with Crippen LogP contribution in [0, 0.1) is 0 Å². The van der Waals surface area contributed by atoms with Crippen molar-refractivity contribution in [3.05, 3.63) is 54.9 Å². The SMILES string of the molecule is CN(c1ccc(-c2ccc(-n3ccnn3)cc2O)nn1)[C@H]1C[C@@H]2C=C[C@@](C)(N2)[C@@H]1F. The predicted molar refractivity (Wildman–Crippen MR) is 110 cm³/mol. The van der Waals surface area contributed by atoms with Gasteiger partial charge in [-0.05, 0) is 37.6 Å². The Morgan fingerprint density at radius 2 is 2.13 bits per heavy atom. The minimum atomic E-state index is -1.06. The van der Waals surface area contributed by atoms with Gasteiger partial charge in [-0.15, -0.1) is 15.3 Å². The average molecular weight is 407 g/mol. The van der Waals surface area contributed by atoms with Crippen LogP contribution in [0.25, 0.3) is 16.9 Å². The number of halogens is 1. The molecule has 2 aliphatic heterocycles. The van der Waals surface area contributed by atoms with Gasteiger partial charge in [0.2, 0.25) is 0 Å². The standard InChI is InChI=1S/C21H22FN7O/c1-21-8-7-13(24-21)11-17(20(21)22)28(2)19-6-5-16(25-26-19)15-4-3-14(12-18(15)30)29-10-9-23-27-29/h3-10,12-13,17,20,24,30H,11H2,1-2H3/t13-,17-,20+,21+/m0/s1. The highest BCUT2D eigenvalue weighted by molar-refractivity contribution is 5.69. The summed E-state index contributed by atoms with van der Waals surface area (Å²) in [5.74, 6) is 0.659.